The number of hydrogen-bond acceptors (Lipinski definition) is 4. The Morgan fingerprint density at radius 2 is 1.59 bits per heavy atom. The topological polar surface area (TPSA) is 64.8 Å². The van der Waals surface area contributed by atoms with Crippen molar-refractivity contribution < 1.29 is 18.4 Å². The van der Waals surface area contributed by atoms with Crippen LogP contribution in [0.25, 0.3) is 11.3 Å². The van der Waals surface area contributed by atoms with Gasteiger partial charge in [-0.1, -0.05) is 22.9 Å². The van der Waals surface area contributed by atoms with E-state index in [1.807, 2.05) is 39.8 Å². The minimum atomic E-state index is -0.957. The number of aryl methyl sites for hydroxylation is 3. The number of nitrogens with zero attached hydrogens (tertiary/aromatic N) is 3. The van der Waals surface area contributed by atoms with Gasteiger partial charge in [0.25, 0.3) is 0 Å². The summed E-state index contributed by atoms with van der Waals surface area (Å²) in [4.78, 5) is 26.2. The van der Waals surface area contributed by atoms with E-state index >= 15 is 0 Å². The summed E-state index contributed by atoms with van der Waals surface area (Å²) in [6.07, 6.45) is 2.17. The second-order valence-electron chi connectivity index (χ2n) is 8.80. The molecule has 5 nitrogen and oxygen atoms in total. The maximum Gasteiger partial charge on any atom is 0.159 e. The van der Waals surface area contributed by atoms with Gasteiger partial charge in [-0.3, -0.25) is 9.59 Å². The number of ketones is 2. The van der Waals surface area contributed by atoms with E-state index in [4.69, 9.17) is 0 Å². The first-order valence-electron chi connectivity index (χ1n) is 10.7. The predicted molar refractivity (Wildman–Crippen MR) is 116 cm³/mol. The van der Waals surface area contributed by atoms with Crippen LogP contribution in [0.4, 0.5) is 8.78 Å². The summed E-state index contributed by atoms with van der Waals surface area (Å²) in [6, 6.07) is 7.30. The van der Waals surface area contributed by atoms with Gasteiger partial charge in [-0.15, -0.1) is 5.10 Å². The van der Waals surface area contributed by atoms with Crippen LogP contribution in [0.2, 0.25) is 0 Å². The van der Waals surface area contributed by atoms with Gasteiger partial charge in [-0.05, 0) is 68.5 Å². The van der Waals surface area contributed by atoms with Crippen LogP contribution in [0.5, 0.6) is 0 Å². The summed E-state index contributed by atoms with van der Waals surface area (Å²) in [5, 5.41) is 8.17. The predicted octanol–water partition coefficient (Wildman–Crippen LogP) is 5.04. The van der Waals surface area contributed by atoms with Gasteiger partial charge in [0.2, 0.25) is 0 Å². The first-order valence-corrected chi connectivity index (χ1v) is 10.7. The van der Waals surface area contributed by atoms with Gasteiger partial charge in [0.15, 0.2) is 11.6 Å². The van der Waals surface area contributed by atoms with Gasteiger partial charge in [-0.2, -0.15) is 0 Å². The third-order valence-corrected chi connectivity index (χ3v) is 6.42. The molecule has 0 amide bonds. The van der Waals surface area contributed by atoms with E-state index in [2.05, 4.69) is 10.3 Å². The normalized spacial score (nSPS) is 19.9. The number of hydrogen-bond donors (Lipinski definition) is 0. The molecule has 1 aliphatic carbocycles. The van der Waals surface area contributed by atoms with E-state index in [1.54, 1.807) is 10.9 Å². The largest absolute Gasteiger partial charge is 0.299 e. The molecule has 0 bridgehead atoms. The molecule has 0 aliphatic heterocycles. The Morgan fingerprint density at radius 1 is 0.969 bits per heavy atom. The fraction of sp³-hybridized carbons (Fsp3) is 0.360. The highest BCUT2D eigenvalue weighted by atomic mass is 19.2. The molecule has 1 aliphatic rings. The molecular weight excluding hydrogens is 412 g/mol. The molecule has 0 saturated heterocycles. The number of carbonyl (C=O) groups is 2. The molecule has 1 saturated carbocycles. The number of benzene rings is 2. The van der Waals surface area contributed by atoms with E-state index < -0.39 is 17.6 Å². The lowest BCUT2D eigenvalue weighted by atomic mass is 9.72. The third kappa shape index (κ3) is 3.99. The van der Waals surface area contributed by atoms with Crippen molar-refractivity contribution in [2.45, 2.75) is 52.5 Å². The second kappa shape index (κ2) is 8.37. The van der Waals surface area contributed by atoms with Crippen LogP contribution in [0.3, 0.4) is 0 Å². The van der Waals surface area contributed by atoms with E-state index in [0.717, 1.165) is 34.4 Å². The van der Waals surface area contributed by atoms with Gasteiger partial charge in [0.05, 0.1) is 12.2 Å². The molecule has 32 heavy (non-hydrogen) atoms. The standard InChI is InChI=1S/C25H25F2N3O2/c1-13-7-14(2)24(15(3)8-13)25-22(31)10-18(11-23(25)32)16(4)30-12-21(28-29-30)17-5-6-19(26)20(27)9-17/h5-9,12,16,18,25H,10-11H2,1-4H3. The number of aromatic nitrogens is 3. The van der Waals surface area contributed by atoms with Crippen molar-refractivity contribution in [3.8, 4) is 11.3 Å². The molecule has 0 radical (unpaired) electrons. The zero-order chi connectivity index (χ0) is 23.2. The highest BCUT2D eigenvalue weighted by molar-refractivity contribution is 6.10. The van der Waals surface area contributed by atoms with Crippen LogP contribution in [0.15, 0.2) is 36.5 Å². The molecule has 2 aromatic carbocycles. The van der Waals surface area contributed by atoms with Crippen molar-refractivity contribution in [2.75, 3.05) is 0 Å². The molecule has 0 N–H and O–H groups in total. The lowest BCUT2D eigenvalue weighted by Gasteiger charge is -2.31. The maximum absolute atomic E-state index is 13.6. The van der Waals surface area contributed by atoms with E-state index in [9.17, 15) is 18.4 Å². The number of halogens is 2. The van der Waals surface area contributed by atoms with Gasteiger partial charge < -0.3 is 0 Å². The molecule has 1 unspecified atom stereocenters. The van der Waals surface area contributed by atoms with Crippen LogP contribution < -0.4 is 0 Å². The Bertz CT molecular complexity index is 1180. The van der Waals surface area contributed by atoms with Crippen LogP contribution in [-0.2, 0) is 9.59 Å². The highest BCUT2D eigenvalue weighted by Crippen LogP contribution is 2.38. The molecule has 3 aromatic rings. The minimum Gasteiger partial charge on any atom is -0.299 e. The molecule has 1 fully saturated rings. The Labute approximate surface area is 185 Å². The van der Waals surface area contributed by atoms with Gasteiger partial charge in [0, 0.05) is 18.4 Å². The van der Waals surface area contributed by atoms with E-state index in [0.29, 0.717) is 11.3 Å². The molecule has 1 atom stereocenters. The lowest BCUT2D eigenvalue weighted by molar-refractivity contribution is -0.134. The van der Waals surface area contributed by atoms with Gasteiger partial charge in [0.1, 0.15) is 23.2 Å². The molecule has 4 rings (SSSR count). The first kappa shape index (κ1) is 22.0. The summed E-state index contributed by atoms with van der Waals surface area (Å²) in [5.74, 6) is -2.96. The molecule has 0 spiro atoms. The molecular formula is C25H25F2N3O2. The molecule has 7 heteroatoms. The van der Waals surface area contributed by atoms with Crippen molar-refractivity contribution in [1.82, 2.24) is 15.0 Å². The SMILES string of the molecule is Cc1cc(C)c(C2C(=O)CC(C(C)n3cc(-c4ccc(F)c(F)c4)nn3)CC2=O)c(C)c1. The zero-order valence-corrected chi connectivity index (χ0v) is 18.5. The van der Waals surface area contributed by atoms with Crippen molar-refractivity contribution in [2.24, 2.45) is 5.92 Å². The van der Waals surface area contributed by atoms with E-state index in [-0.39, 0.29) is 36.4 Å². The van der Waals surface area contributed by atoms with Gasteiger partial charge >= 0.3 is 0 Å². The molecule has 1 heterocycles. The number of rotatable bonds is 4. The van der Waals surface area contributed by atoms with Crippen LogP contribution in [0, 0.1) is 38.3 Å². The summed E-state index contributed by atoms with van der Waals surface area (Å²) in [6.45, 7) is 7.77. The Morgan fingerprint density at radius 3 is 2.19 bits per heavy atom. The van der Waals surface area contributed by atoms with Gasteiger partial charge in [-0.25, -0.2) is 13.5 Å². The average Bonchev–Trinajstić information content (AvgIpc) is 3.21. The van der Waals surface area contributed by atoms with Crippen LogP contribution in [-0.4, -0.2) is 26.6 Å². The van der Waals surface area contributed by atoms with E-state index in [1.165, 1.54) is 6.07 Å². The van der Waals surface area contributed by atoms with Crippen LogP contribution >= 0.6 is 0 Å². The number of carbonyl (C=O) groups excluding carboxylic acids is 2. The Kier molecular flexibility index (Phi) is 5.75. The Hall–Kier alpha value is -3.22. The van der Waals surface area contributed by atoms with Crippen molar-refractivity contribution in [3.63, 3.8) is 0 Å². The fourth-order valence-corrected chi connectivity index (χ4v) is 4.79. The highest BCUT2D eigenvalue weighted by Gasteiger charge is 2.40. The maximum atomic E-state index is 13.6. The average molecular weight is 437 g/mol. The zero-order valence-electron chi connectivity index (χ0n) is 18.5. The van der Waals surface area contributed by atoms with Crippen molar-refractivity contribution in [1.29, 1.82) is 0 Å². The summed E-state index contributed by atoms with van der Waals surface area (Å²) < 4.78 is 28.4. The summed E-state index contributed by atoms with van der Waals surface area (Å²) >= 11 is 0. The van der Waals surface area contributed by atoms with Crippen molar-refractivity contribution in [3.05, 3.63) is 70.4 Å². The smallest absolute Gasteiger partial charge is 0.159 e. The summed E-state index contributed by atoms with van der Waals surface area (Å²) in [7, 11) is 0. The first-order chi connectivity index (χ1) is 15.2. The fourth-order valence-electron chi connectivity index (χ4n) is 4.79. The monoisotopic (exact) mass is 437 g/mol. The number of Topliss-reactive ketones (excluding diaryl/α,β-unsaturated/α-hetero) is 2. The molecule has 166 valence electrons. The minimum absolute atomic E-state index is 0.0749. The second-order valence-corrected chi connectivity index (χ2v) is 8.80. The van der Waals surface area contributed by atoms with Crippen molar-refractivity contribution >= 4 is 11.6 Å². The third-order valence-electron chi connectivity index (χ3n) is 6.42. The lowest BCUT2D eigenvalue weighted by Crippen LogP contribution is -2.35. The van der Waals surface area contributed by atoms with Crippen LogP contribution in [0.1, 0.15) is 54.0 Å². The Balaban J connectivity index is 1.54. The quantitative estimate of drug-likeness (QED) is 0.537. The molecule has 1 aromatic heterocycles. The summed E-state index contributed by atoms with van der Waals surface area (Å²) in [5.41, 5.74) is 4.67.